The monoisotopic (exact) mass is 230 g/mol. The molecule has 0 spiro atoms. The highest BCUT2D eigenvalue weighted by atomic mass is 16.5. The quantitative estimate of drug-likeness (QED) is 0.849. The Balaban J connectivity index is 2.17. The zero-order valence-corrected chi connectivity index (χ0v) is 10.4. The lowest BCUT2D eigenvalue weighted by Gasteiger charge is -2.35. The first kappa shape index (κ1) is 11.9. The summed E-state index contributed by atoms with van der Waals surface area (Å²) < 4.78 is 5.51. The van der Waals surface area contributed by atoms with Crippen molar-refractivity contribution in [2.24, 2.45) is 0 Å². The summed E-state index contributed by atoms with van der Waals surface area (Å²) in [7, 11) is 0. The topological polar surface area (TPSA) is 45.0 Å². The van der Waals surface area contributed by atoms with E-state index < -0.39 is 5.54 Å². The van der Waals surface area contributed by atoms with Crippen molar-refractivity contribution in [1.29, 1.82) is 5.26 Å². The Bertz CT molecular complexity index is 438. The first-order valence-corrected chi connectivity index (χ1v) is 6.01. The highest BCUT2D eigenvalue weighted by Crippen LogP contribution is 2.28. The van der Waals surface area contributed by atoms with Crippen LogP contribution < -0.4 is 5.32 Å². The van der Waals surface area contributed by atoms with Crippen LogP contribution in [0.3, 0.4) is 0 Å². The molecule has 1 N–H and O–H groups in total. The number of nitriles is 1. The van der Waals surface area contributed by atoms with Crippen LogP contribution in [0.5, 0.6) is 0 Å². The average Bonchev–Trinajstić information content (AvgIpc) is 2.29. The molecule has 0 amide bonds. The van der Waals surface area contributed by atoms with E-state index in [4.69, 9.17) is 4.74 Å². The average molecular weight is 230 g/mol. The van der Waals surface area contributed by atoms with Gasteiger partial charge in [0.1, 0.15) is 5.54 Å². The molecule has 0 aliphatic carbocycles. The molecule has 1 aliphatic heterocycles. The fourth-order valence-corrected chi connectivity index (χ4v) is 2.33. The number of ether oxygens (including phenoxy) is 1. The van der Waals surface area contributed by atoms with Gasteiger partial charge in [0.2, 0.25) is 0 Å². The SMILES string of the molecule is Cc1cccc(NC2(C#N)CCOC(C)C2)c1. The van der Waals surface area contributed by atoms with Crippen molar-refractivity contribution in [3.05, 3.63) is 29.8 Å². The van der Waals surface area contributed by atoms with Crippen molar-refractivity contribution in [3.63, 3.8) is 0 Å². The van der Waals surface area contributed by atoms with Gasteiger partial charge in [-0.05, 0) is 31.5 Å². The minimum Gasteiger partial charge on any atom is -0.378 e. The van der Waals surface area contributed by atoms with Gasteiger partial charge in [-0.15, -0.1) is 0 Å². The second-order valence-corrected chi connectivity index (χ2v) is 4.82. The van der Waals surface area contributed by atoms with Crippen molar-refractivity contribution in [3.8, 4) is 6.07 Å². The Morgan fingerprint density at radius 3 is 3.00 bits per heavy atom. The number of hydrogen-bond donors (Lipinski definition) is 1. The third-order valence-corrected chi connectivity index (χ3v) is 3.18. The molecule has 3 heteroatoms. The normalized spacial score (nSPS) is 28.4. The van der Waals surface area contributed by atoms with Crippen LogP contribution in [0.2, 0.25) is 0 Å². The van der Waals surface area contributed by atoms with Crippen LogP contribution in [-0.2, 0) is 4.74 Å². The molecule has 2 unspecified atom stereocenters. The highest BCUT2D eigenvalue weighted by Gasteiger charge is 2.35. The Labute approximate surface area is 102 Å². The molecule has 1 aliphatic rings. The van der Waals surface area contributed by atoms with Crippen molar-refractivity contribution < 1.29 is 4.74 Å². The van der Waals surface area contributed by atoms with E-state index in [1.165, 1.54) is 5.56 Å². The minimum atomic E-state index is -0.481. The van der Waals surface area contributed by atoms with E-state index in [-0.39, 0.29) is 6.10 Å². The number of anilines is 1. The summed E-state index contributed by atoms with van der Waals surface area (Å²) in [5.74, 6) is 0. The van der Waals surface area contributed by atoms with Gasteiger partial charge in [-0.1, -0.05) is 12.1 Å². The molecule has 2 rings (SSSR count). The second kappa shape index (κ2) is 4.77. The predicted octanol–water partition coefficient (Wildman–Crippen LogP) is 2.87. The predicted molar refractivity (Wildman–Crippen MR) is 67.8 cm³/mol. The van der Waals surface area contributed by atoms with Gasteiger partial charge < -0.3 is 10.1 Å². The Morgan fingerprint density at radius 1 is 1.53 bits per heavy atom. The van der Waals surface area contributed by atoms with Crippen molar-refractivity contribution >= 4 is 5.69 Å². The number of nitrogens with zero attached hydrogens (tertiary/aromatic N) is 1. The van der Waals surface area contributed by atoms with E-state index in [9.17, 15) is 5.26 Å². The molecule has 1 heterocycles. The summed E-state index contributed by atoms with van der Waals surface area (Å²) in [6, 6.07) is 10.6. The van der Waals surface area contributed by atoms with Crippen molar-refractivity contribution in [2.45, 2.75) is 38.3 Å². The summed E-state index contributed by atoms with van der Waals surface area (Å²) in [6.45, 7) is 4.72. The molecule has 3 nitrogen and oxygen atoms in total. The lowest BCUT2D eigenvalue weighted by molar-refractivity contribution is 0.0103. The molecule has 1 saturated heterocycles. The van der Waals surface area contributed by atoms with Crippen molar-refractivity contribution in [2.75, 3.05) is 11.9 Å². The van der Waals surface area contributed by atoms with Crippen LogP contribution >= 0.6 is 0 Å². The smallest absolute Gasteiger partial charge is 0.130 e. The lowest BCUT2D eigenvalue weighted by Crippen LogP contribution is -2.45. The molecule has 0 bridgehead atoms. The Kier molecular flexibility index (Phi) is 3.35. The van der Waals surface area contributed by atoms with Gasteiger partial charge in [0.15, 0.2) is 0 Å². The number of hydrogen-bond acceptors (Lipinski definition) is 3. The highest BCUT2D eigenvalue weighted by molar-refractivity contribution is 5.49. The third-order valence-electron chi connectivity index (χ3n) is 3.18. The number of rotatable bonds is 2. The maximum atomic E-state index is 9.42. The molecule has 1 aromatic carbocycles. The molecular weight excluding hydrogens is 212 g/mol. The van der Waals surface area contributed by atoms with Gasteiger partial charge in [-0.2, -0.15) is 5.26 Å². The summed E-state index contributed by atoms with van der Waals surface area (Å²) in [6.07, 6.45) is 1.61. The first-order chi connectivity index (χ1) is 8.13. The number of benzene rings is 1. The molecule has 90 valence electrons. The summed E-state index contributed by atoms with van der Waals surface area (Å²) in [5, 5.41) is 12.8. The van der Waals surface area contributed by atoms with E-state index in [0.29, 0.717) is 6.61 Å². The zero-order valence-electron chi connectivity index (χ0n) is 10.4. The Hall–Kier alpha value is -1.53. The summed E-state index contributed by atoms with van der Waals surface area (Å²) >= 11 is 0. The molecule has 17 heavy (non-hydrogen) atoms. The maximum absolute atomic E-state index is 9.42. The van der Waals surface area contributed by atoms with Gasteiger partial charge in [0.25, 0.3) is 0 Å². The van der Waals surface area contributed by atoms with E-state index in [1.54, 1.807) is 0 Å². The number of aryl methyl sites for hydroxylation is 1. The van der Waals surface area contributed by atoms with Crippen LogP contribution in [0.4, 0.5) is 5.69 Å². The molecule has 0 aromatic heterocycles. The minimum absolute atomic E-state index is 0.140. The van der Waals surface area contributed by atoms with Crippen LogP contribution in [-0.4, -0.2) is 18.2 Å². The van der Waals surface area contributed by atoms with E-state index in [1.807, 2.05) is 19.1 Å². The standard InChI is InChI=1S/C14H18N2O/c1-11-4-3-5-13(8-11)16-14(10-15)6-7-17-12(2)9-14/h3-5,8,12,16H,6-7,9H2,1-2H3. The fourth-order valence-electron chi connectivity index (χ4n) is 2.33. The summed E-state index contributed by atoms with van der Waals surface area (Å²) in [5.41, 5.74) is 1.73. The van der Waals surface area contributed by atoms with Gasteiger partial charge >= 0.3 is 0 Å². The Morgan fingerprint density at radius 2 is 2.35 bits per heavy atom. The lowest BCUT2D eigenvalue weighted by atomic mass is 9.88. The van der Waals surface area contributed by atoms with Crippen LogP contribution in [0.25, 0.3) is 0 Å². The maximum Gasteiger partial charge on any atom is 0.130 e. The molecule has 0 saturated carbocycles. The van der Waals surface area contributed by atoms with Gasteiger partial charge in [0.05, 0.1) is 18.8 Å². The van der Waals surface area contributed by atoms with E-state index in [0.717, 1.165) is 18.5 Å². The van der Waals surface area contributed by atoms with E-state index >= 15 is 0 Å². The number of nitrogens with one attached hydrogen (secondary N) is 1. The van der Waals surface area contributed by atoms with Crippen LogP contribution in [0.15, 0.2) is 24.3 Å². The molecule has 0 radical (unpaired) electrons. The first-order valence-electron chi connectivity index (χ1n) is 6.01. The third kappa shape index (κ3) is 2.78. The van der Waals surface area contributed by atoms with Crippen molar-refractivity contribution in [1.82, 2.24) is 0 Å². The second-order valence-electron chi connectivity index (χ2n) is 4.82. The van der Waals surface area contributed by atoms with Crippen LogP contribution in [0.1, 0.15) is 25.3 Å². The molecule has 2 atom stereocenters. The summed E-state index contributed by atoms with van der Waals surface area (Å²) in [4.78, 5) is 0. The molecular formula is C14H18N2O. The fraction of sp³-hybridized carbons (Fsp3) is 0.500. The van der Waals surface area contributed by atoms with E-state index in [2.05, 4.69) is 30.4 Å². The van der Waals surface area contributed by atoms with Gasteiger partial charge in [-0.25, -0.2) is 0 Å². The molecule has 1 fully saturated rings. The van der Waals surface area contributed by atoms with Crippen LogP contribution in [0, 0.1) is 18.3 Å². The van der Waals surface area contributed by atoms with Gasteiger partial charge in [0, 0.05) is 18.5 Å². The largest absolute Gasteiger partial charge is 0.378 e. The zero-order chi connectivity index (χ0) is 12.3. The van der Waals surface area contributed by atoms with Gasteiger partial charge in [-0.3, -0.25) is 0 Å². The molecule has 1 aromatic rings.